The van der Waals surface area contributed by atoms with Crippen LogP contribution in [-0.2, 0) is 4.79 Å². The van der Waals surface area contributed by atoms with E-state index < -0.39 is 22.9 Å². The van der Waals surface area contributed by atoms with Crippen molar-refractivity contribution in [3.63, 3.8) is 0 Å². The number of imide groups is 1. The van der Waals surface area contributed by atoms with E-state index in [2.05, 4.69) is 0 Å². The molecule has 0 spiro atoms. The van der Waals surface area contributed by atoms with Gasteiger partial charge in [0.25, 0.3) is 11.1 Å². The highest BCUT2D eigenvalue weighted by Crippen LogP contribution is 2.35. The molecule has 0 radical (unpaired) electrons. The molecular formula is C30H22FNO6S. The molecule has 5 rings (SSSR count). The minimum absolute atomic E-state index is 0.0848. The molecule has 0 bridgehead atoms. The minimum atomic E-state index is -0.869. The Morgan fingerprint density at radius 2 is 1.69 bits per heavy atom. The van der Waals surface area contributed by atoms with Gasteiger partial charge in [0.05, 0.1) is 24.1 Å². The van der Waals surface area contributed by atoms with Crippen molar-refractivity contribution in [2.24, 2.45) is 0 Å². The summed E-state index contributed by atoms with van der Waals surface area (Å²) in [5.41, 5.74) is 0.344. The van der Waals surface area contributed by atoms with Gasteiger partial charge >= 0.3 is 5.97 Å². The molecule has 7 nitrogen and oxygen atoms in total. The van der Waals surface area contributed by atoms with Crippen LogP contribution in [0, 0.1) is 5.82 Å². The molecule has 0 N–H and O–H groups in total. The summed E-state index contributed by atoms with van der Waals surface area (Å²) < 4.78 is 30.5. The number of amides is 2. The maximum atomic E-state index is 13.9. The van der Waals surface area contributed by atoms with E-state index in [0.717, 1.165) is 27.4 Å². The summed E-state index contributed by atoms with van der Waals surface area (Å²) in [6, 6.07) is 23.7. The molecule has 1 aliphatic heterocycles. The van der Waals surface area contributed by atoms with Crippen LogP contribution in [0.2, 0.25) is 0 Å². The number of nitrogens with zero attached hydrogens (tertiary/aromatic N) is 1. The van der Waals surface area contributed by atoms with Gasteiger partial charge < -0.3 is 14.2 Å². The fraction of sp³-hybridized carbons (Fsp3) is 0.100. The zero-order chi connectivity index (χ0) is 27.4. The second kappa shape index (κ2) is 11.4. The molecule has 0 unspecified atom stereocenters. The van der Waals surface area contributed by atoms with Crippen LogP contribution in [0.15, 0.2) is 89.8 Å². The van der Waals surface area contributed by atoms with Gasteiger partial charge in [-0.05, 0) is 59.1 Å². The van der Waals surface area contributed by atoms with E-state index in [1.165, 1.54) is 37.4 Å². The summed E-state index contributed by atoms with van der Waals surface area (Å²) in [4.78, 5) is 39.3. The summed E-state index contributed by atoms with van der Waals surface area (Å²) in [7, 11) is 1.39. The van der Waals surface area contributed by atoms with E-state index >= 15 is 0 Å². The van der Waals surface area contributed by atoms with Gasteiger partial charge in [0.2, 0.25) is 0 Å². The molecule has 1 aliphatic rings. The summed E-state index contributed by atoms with van der Waals surface area (Å²) in [5.74, 6) is -1.03. The number of ether oxygens (including phenoxy) is 3. The maximum absolute atomic E-state index is 13.9. The van der Waals surface area contributed by atoms with Crippen LogP contribution in [0.3, 0.4) is 0 Å². The summed E-state index contributed by atoms with van der Waals surface area (Å²) in [6.45, 7) is 0.245. The predicted molar refractivity (Wildman–Crippen MR) is 146 cm³/mol. The van der Waals surface area contributed by atoms with Gasteiger partial charge in [0.1, 0.15) is 18.2 Å². The quantitative estimate of drug-likeness (QED) is 0.146. The van der Waals surface area contributed by atoms with Crippen molar-refractivity contribution in [2.75, 3.05) is 20.3 Å². The van der Waals surface area contributed by atoms with Gasteiger partial charge in [-0.25, -0.2) is 9.18 Å². The molecular weight excluding hydrogens is 521 g/mol. The lowest BCUT2D eigenvalue weighted by atomic mass is 10.1. The maximum Gasteiger partial charge on any atom is 0.346 e. The van der Waals surface area contributed by atoms with Gasteiger partial charge in [0, 0.05) is 5.39 Å². The number of esters is 1. The second-order valence-electron chi connectivity index (χ2n) is 8.44. The number of hydrogen-bond donors (Lipinski definition) is 0. The first-order valence-corrected chi connectivity index (χ1v) is 12.8. The molecule has 0 atom stereocenters. The first kappa shape index (κ1) is 26.0. The Morgan fingerprint density at radius 1 is 0.923 bits per heavy atom. The first-order chi connectivity index (χ1) is 18.9. The minimum Gasteiger partial charge on any atom is -0.493 e. The lowest BCUT2D eigenvalue weighted by Gasteiger charge is -2.14. The largest absolute Gasteiger partial charge is 0.493 e. The molecule has 0 aromatic heterocycles. The van der Waals surface area contributed by atoms with E-state index in [1.807, 2.05) is 42.5 Å². The summed E-state index contributed by atoms with van der Waals surface area (Å²) >= 11 is 0.828. The number of thioether (sulfide) groups is 1. The monoisotopic (exact) mass is 543 g/mol. The number of methoxy groups -OCH3 is 1. The van der Waals surface area contributed by atoms with Gasteiger partial charge in [0.15, 0.2) is 11.5 Å². The van der Waals surface area contributed by atoms with Crippen LogP contribution in [0.1, 0.15) is 15.9 Å². The van der Waals surface area contributed by atoms with E-state index in [9.17, 15) is 18.8 Å². The van der Waals surface area contributed by atoms with Crippen LogP contribution >= 0.6 is 11.8 Å². The Labute approximate surface area is 227 Å². The van der Waals surface area contributed by atoms with E-state index in [4.69, 9.17) is 14.2 Å². The van der Waals surface area contributed by atoms with Crippen LogP contribution in [0.5, 0.6) is 17.2 Å². The average molecular weight is 544 g/mol. The van der Waals surface area contributed by atoms with Crippen LogP contribution < -0.4 is 14.2 Å². The fourth-order valence-electron chi connectivity index (χ4n) is 4.05. The fourth-order valence-corrected chi connectivity index (χ4v) is 4.92. The molecule has 1 fully saturated rings. The van der Waals surface area contributed by atoms with E-state index in [1.54, 1.807) is 18.2 Å². The number of carbonyl (C=O) groups is 3. The number of fused-ring (bicyclic) bond motifs is 1. The van der Waals surface area contributed by atoms with Crippen molar-refractivity contribution in [1.29, 1.82) is 0 Å². The molecule has 39 heavy (non-hydrogen) atoms. The third-order valence-corrected chi connectivity index (χ3v) is 6.88. The van der Waals surface area contributed by atoms with Crippen molar-refractivity contribution in [3.8, 4) is 17.2 Å². The normalized spacial score (nSPS) is 14.2. The smallest absolute Gasteiger partial charge is 0.346 e. The van der Waals surface area contributed by atoms with Crippen molar-refractivity contribution in [2.45, 2.75) is 0 Å². The predicted octanol–water partition coefficient (Wildman–Crippen LogP) is 6.32. The summed E-state index contributed by atoms with van der Waals surface area (Å²) in [5, 5.41) is 1.59. The van der Waals surface area contributed by atoms with Gasteiger partial charge in [-0.1, -0.05) is 54.6 Å². The number of halogens is 1. The van der Waals surface area contributed by atoms with Crippen molar-refractivity contribution in [1.82, 2.24) is 4.90 Å². The molecule has 0 aliphatic carbocycles. The van der Waals surface area contributed by atoms with Gasteiger partial charge in [-0.3, -0.25) is 14.5 Å². The van der Waals surface area contributed by atoms with Crippen molar-refractivity contribution < 1.29 is 33.0 Å². The number of benzene rings is 4. The third-order valence-electron chi connectivity index (χ3n) is 5.98. The highest BCUT2D eigenvalue weighted by Gasteiger charge is 2.35. The Kier molecular flexibility index (Phi) is 7.60. The number of carbonyl (C=O) groups excluding carboxylic acids is 3. The van der Waals surface area contributed by atoms with Crippen LogP contribution in [-0.4, -0.2) is 42.3 Å². The van der Waals surface area contributed by atoms with E-state index in [0.29, 0.717) is 11.3 Å². The SMILES string of the molecule is COc1cc(/C=C2\SC(=O)N(CCOc3cccc4ccccc34)C2=O)ccc1OC(=O)c1ccccc1F. The topological polar surface area (TPSA) is 82.1 Å². The number of rotatable bonds is 8. The Morgan fingerprint density at radius 3 is 2.51 bits per heavy atom. The van der Waals surface area contributed by atoms with Crippen molar-refractivity contribution >= 4 is 45.7 Å². The van der Waals surface area contributed by atoms with E-state index in [-0.39, 0.29) is 35.1 Å². The van der Waals surface area contributed by atoms with Gasteiger partial charge in [-0.2, -0.15) is 0 Å². The Hall–Kier alpha value is -4.63. The highest BCUT2D eigenvalue weighted by atomic mass is 32.2. The molecule has 196 valence electrons. The molecule has 4 aromatic rings. The Bertz CT molecular complexity index is 1610. The highest BCUT2D eigenvalue weighted by molar-refractivity contribution is 8.18. The Balaban J connectivity index is 1.26. The second-order valence-corrected chi connectivity index (χ2v) is 9.43. The molecule has 1 saturated heterocycles. The molecule has 9 heteroatoms. The standard InChI is InChI=1S/C30H22FNO6S/c1-36-26-17-19(13-14-25(26)38-29(34)22-10-4-5-11-23(22)31)18-27-28(33)32(30(35)39-27)15-16-37-24-12-6-8-20-7-2-3-9-21(20)24/h2-14,17-18H,15-16H2,1H3/b27-18-. The molecule has 1 heterocycles. The lowest BCUT2D eigenvalue weighted by Crippen LogP contribution is -2.32. The van der Waals surface area contributed by atoms with Crippen LogP contribution in [0.4, 0.5) is 9.18 Å². The zero-order valence-electron chi connectivity index (χ0n) is 20.8. The molecule has 2 amide bonds. The summed E-state index contributed by atoms with van der Waals surface area (Å²) in [6.07, 6.45) is 1.56. The number of hydrogen-bond acceptors (Lipinski definition) is 7. The van der Waals surface area contributed by atoms with Crippen LogP contribution in [0.25, 0.3) is 16.8 Å². The van der Waals surface area contributed by atoms with Gasteiger partial charge in [-0.15, -0.1) is 0 Å². The third kappa shape index (κ3) is 5.63. The first-order valence-electron chi connectivity index (χ1n) is 12.0. The molecule has 4 aromatic carbocycles. The average Bonchev–Trinajstić information content (AvgIpc) is 3.21. The van der Waals surface area contributed by atoms with Crippen molar-refractivity contribution in [3.05, 3.63) is 107 Å². The molecule has 0 saturated carbocycles. The zero-order valence-corrected chi connectivity index (χ0v) is 21.6. The lowest BCUT2D eigenvalue weighted by molar-refractivity contribution is -0.123.